The number of amides is 1. The van der Waals surface area contributed by atoms with Crippen molar-refractivity contribution in [3.05, 3.63) is 57.8 Å². The largest absolute Gasteiger partial charge is 0.349 e. The lowest BCUT2D eigenvalue weighted by atomic mass is 9.96. The summed E-state index contributed by atoms with van der Waals surface area (Å²) in [5.41, 5.74) is 1.61. The molecule has 2 N–H and O–H groups in total. The summed E-state index contributed by atoms with van der Waals surface area (Å²) in [5, 5.41) is 7.48. The number of carbonyl (C=O) groups excluding carboxylic acids is 1. The zero-order valence-electron chi connectivity index (χ0n) is 14.5. The van der Waals surface area contributed by atoms with Crippen molar-refractivity contribution >= 4 is 41.5 Å². The Balaban J connectivity index is 0.00000210. The molecule has 1 amide bonds. The summed E-state index contributed by atoms with van der Waals surface area (Å²) < 4.78 is 13.8. The quantitative estimate of drug-likeness (QED) is 0.701. The molecule has 2 unspecified atom stereocenters. The van der Waals surface area contributed by atoms with E-state index in [2.05, 4.69) is 10.6 Å². The van der Waals surface area contributed by atoms with E-state index < -0.39 is 5.82 Å². The van der Waals surface area contributed by atoms with Gasteiger partial charge in [-0.05, 0) is 67.1 Å². The predicted molar refractivity (Wildman–Crippen MR) is 110 cm³/mol. The maximum Gasteiger partial charge on any atom is 0.252 e. The van der Waals surface area contributed by atoms with Crippen LogP contribution in [-0.2, 0) is 0 Å². The molecule has 0 aliphatic carbocycles. The normalized spacial score (nSPS) is 23.6. The van der Waals surface area contributed by atoms with Gasteiger partial charge in [0.1, 0.15) is 5.82 Å². The fourth-order valence-corrected chi connectivity index (χ4v) is 4.35. The Labute approximate surface area is 174 Å². The van der Waals surface area contributed by atoms with Gasteiger partial charge in [0.2, 0.25) is 0 Å². The van der Waals surface area contributed by atoms with Crippen molar-refractivity contribution in [1.82, 2.24) is 10.6 Å². The van der Waals surface area contributed by atoms with E-state index in [0.717, 1.165) is 12.8 Å². The van der Waals surface area contributed by atoms with Crippen LogP contribution >= 0.6 is 35.6 Å². The second-order valence-corrected chi connectivity index (χ2v) is 7.91. The third kappa shape index (κ3) is 4.40. The average Bonchev–Trinajstić information content (AvgIpc) is 2.95. The first kappa shape index (κ1) is 20.4. The summed E-state index contributed by atoms with van der Waals surface area (Å²) in [5.74, 6) is -0.583. The Hall–Kier alpha value is -1.33. The van der Waals surface area contributed by atoms with Crippen molar-refractivity contribution in [2.75, 3.05) is 0 Å². The average molecular weight is 430 g/mol. The molecule has 144 valence electrons. The van der Waals surface area contributed by atoms with Crippen LogP contribution in [0.25, 0.3) is 11.1 Å². The molecule has 4 rings (SSSR count). The number of carbonyl (C=O) groups is 1. The predicted octanol–water partition coefficient (Wildman–Crippen LogP) is 5.23. The van der Waals surface area contributed by atoms with Crippen molar-refractivity contribution in [2.45, 2.75) is 43.8 Å². The van der Waals surface area contributed by atoms with Gasteiger partial charge in [0.25, 0.3) is 5.91 Å². The number of hydrogen-bond donors (Lipinski definition) is 2. The Morgan fingerprint density at radius 3 is 2.41 bits per heavy atom. The Morgan fingerprint density at radius 2 is 1.74 bits per heavy atom. The summed E-state index contributed by atoms with van der Waals surface area (Å²) in [6, 6.07) is 10.4. The van der Waals surface area contributed by atoms with E-state index in [1.54, 1.807) is 18.2 Å². The van der Waals surface area contributed by atoms with Gasteiger partial charge in [-0.3, -0.25) is 4.79 Å². The smallest absolute Gasteiger partial charge is 0.252 e. The molecule has 2 fully saturated rings. The molecule has 0 saturated carbocycles. The molecule has 7 heteroatoms. The molecule has 3 nitrogen and oxygen atoms in total. The SMILES string of the molecule is Cl.O=C(NC1CC2CCC(C1)N2)c1ccc(F)cc1-c1ccc(Cl)c(Cl)c1. The highest BCUT2D eigenvalue weighted by atomic mass is 35.5. The van der Waals surface area contributed by atoms with Crippen LogP contribution in [0, 0.1) is 5.82 Å². The second-order valence-electron chi connectivity index (χ2n) is 7.10. The number of rotatable bonds is 3. The summed E-state index contributed by atoms with van der Waals surface area (Å²) >= 11 is 12.1. The van der Waals surface area contributed by atoms with E-state index in [1.165, 1.54) is 31.0 Å². The van der Waals surface area contributed by atoms with Gasteiger partial charge in [0.05, 0.1) is 10.0 Å². The van der Waals surface area contributed by atoms with Gasteiger partial charge in [-0.2, -0.15) is 0 Å². The molecule has 2 aliphatic rings. The molecular weight excluding hydrogens is 410 g/mol. The zero-order valence-corrected chi connectivity index (χ0v) is 16.8. The first-order chi connectivity index (χ1) is 12.5. The van der Waals surface area contributed by atoms with Crippen LogP contribution in [0.3, 0.4) is 0 Å². The van der Waals surface area contributed by atoms with E-state index in [0.29, 0.717) is 38.8 Å². The van der Waals surface area contributed by atoms with Crippen LogP contribution in [-0.4, -0.2) is 24.0 Å². The maximum absolute atomic E-state index is 13.8. The lowest BCUT2D eigenvalue weighted by Gasteiger charge is -2.30. The van der Waals surface area contributed by atoms with Crippen LogP contribution in [0.4, 0.5) is 4.39 Å². The molecule has 2 aromatic carbocycles. The topological polar surface area (TPSA) is 41.1 Å². The van der Waals surface area contributed by atoms with Crippen LogP contribution in [0.15, 0.2) is 36.4 Å². The molecule has 0 spiro atoms. The van der Waals surface area contributed by atoms with Gasteiger partial charge in [0, 0.05) is 23.7 Å². The third-order valence-corrected chi connectivity index (χ3v) is 6.00. The maximum atomic E-state index is 13.8. The molecule has 2 heterocycles. The van der Waals surface area contributed by atoms with Gasteiger partial charge in [-0.1, -0.05) is 29.3 Å². The van der Waals surface area contributed by atoms with Crippen molar-refractivity contribution < 1.29 is 9.18 Å². The Morgan fingerprint density at radius 1 is 1.04 bits per heavy atom. The Kier molecular flexibility index (Phi) is 6.32. The number of benzene rings is 2. The number of hydrogen-bond acceptors (Lipinski definition) is 2. The van der Waals surface area contributed by atoms with Crippen LogP contribution < -0.4 is 10.6 Å². The minimum absolute atomic E-state index is 0. The number of piperidine rings is 1. The summed E-state index contributed by atoms with van der Waals surface area (Å²) in [6.45, 7) is 0. The third-order valence-electron chi connectivity index (χ3n) is 5.27. The molecular formula is C20H20Cl3FN2O. The van der Waals surface area contributed by atoms with E-state index in [9.17, 15) is 9.18 Å². The van der Waals surface area contributed by atoms with E-state index >= 15 is 0 Å². The fourth-order valence-electron chi connectivity index (χ4n) is 4.06. The summed E-state index contributed by atoms with van der Waals surface area (Å²) in [7, 11) is 0. The first-order valence-corrected chi connectivity index (χ1v) is 9.57. The van der Waals surface area contributed by atoms with Crippen LogP contribution in [0.5, 0.6) is 0 Å². The second kappa shape index (κ2) is 8.36. The van der Waals surface area contributed by atoms with Crippen LogP contribution in [0.1, 0.15) is 36.0 Å². The van der Waals surface area contributed by atoms with Crippen molar-refractivity contribution in [3.8, 4) is 11.1 Å². The molecule has 27 heavy (non-hydrogen) atoms. The monoisotopic (exact) mass is 428 g/mol. The Bertz CT molecular complexity index is 849. The highest BCUT2D eigenvalue weighted by molar-refractivity contribution is 6.42. The van der Waals surface area contributed by atoms with Crippen LogP contribution in [0.2, 0.25) is 10.0 Å². The lowest BCUT2D eigenvalue weighted by Crippen LogP contribution is -2.48. The molecule has 2 atom stereocenters. The number of fused-ring (bicyclic) bond motifs is 2. The number of halogens is 4. The highest BCUT2D eigenvalue weighted by Crippen LogP contribution is 2.32. The van der Waals surface area contributed by atoms with E-state index in [4.69, 9.17) is 23.2 Å². The first-order valence-electron chi connectivity index (χ1n) is 8.81. The van der Waals surface area contributed by atoms with Gasteiger partial charge >= 0.3 is 0 Å². The van der Waals surface area contributed by atoms with E-state index in [-0.39, 0.29) is 24.4 Å². The standard InChI is InChI=1S/C20H19Cl2FN2O.ClH/c21-18-6-1-11(7-19(18)22)17-8-12(23)2-5-16(17)20(26)25-15-9-13-3-4-14(10-15)24-13;/h1-2,5-8,13-15,24H,3-4,9-10H2,(H,25,26);1H. The van der Waals surface area contributed by atoms with E-state index in [1.807, 2.05) is 0 Å². The molecule has 0 aromatic heterocycles. The summed E-state index contributed by atoms with van der Waals surface area (Å²) in [4.78, 5) is 12.9. The summed E-state index contributed by atoms with van der Waals surface area (Å²) in [6.07, 6.45) is 4.21. The van der Waals surface area contributed by atoms with Crippen molar-refractivity contribution in [2.24, 2.45) is 0 Å². The highest BCUT2D eigenvalue weighted by Gasteiger charge is 2.34. The lowest BCUT2D eigenvalue weighted by molar-refractivity contribution is 0.0924. The zero-order chi connectivity index (χ0) is 18.3. The molecule has 0 radical (unpaired) electrons. The van der Waals surface area contributed by atoms with Gasteiger partial charge in [-0.25, -0.2) is 4.39 Å². The molecule has 2 aromatic rings. The van der Waals surface area contributed by atoms with Gasteiger partial charge in [-0.15, -0.1) is 12.4 Å². The minimum atomic E-state index is -0.400. The molecule has 2 aliphatic heterocycles. The van der Waals surface area contributed by atoms with Gasteiger partial charge < -0.3 is 10.6 Å². The van der Waals surface area contributed by atoms with Crippen molar-refractivity contribution in [3.63, 3.8) is 0 Å². The number of nitrogens with one attached hydrogen (secondary N) is 2. The minimum Gasteiger partial charge on any atom is -0.349 e. The fraction of sp³-hybridized carbons (Fsp3) is 0.350. The van der Waals surface area contributed by atoms with Gasteiger partial charge in [0.15, 0.2) is 0 Å². The van der Waals surface area contributed by atoms with Crippen molar-refractivity contribution in [1.29, 1.82) is 0 Å². The molecule has 2 bridgehead atoms. The molecule has 2 saturated heterocycles.